The summed E-state index contributed by atoms with van der Waals surface area (Å²) in [6, 6.07) is 6.03. The van der Waals surface area contributed by atoms with Crippen molar-refractivity contribution in [2.45, 2.75) is 25.8 Å². The number of allylic oxidation sites excluding steroid dienone is 1. The maximum atomic E-state index is 13.5. The zero-order chi connectivity index (χ0) is 19.1. The van der Waals surface area contributed by atoms with E-state index in [-0.39, 0.29) is 12.4 Å². The first-order valence-corrected chi connectivity index (χ1v) is 8.29. The van der Waals surface area contributed by atoms with E-state index in [0.717, 1.165) is 0 Å². The van der Waals surface area contributed by atoms with E-state index in [1.165, 1.54) is 13.2 Å². The first-order chi connectivity index (χ1) is 12.4. The summed E-state index contributed by atoms with van der Waals surface area (Å²) in [7, 11) is 1.50. The maximum Gasteiger partial charge on any atom is 0.307 e. The van der Waals surface area contributed by atoms with Gasteiger partial charge in [0, 0.05) is 17.1 Å². The molecule has 0 radical (unpaired) electrons. The molecule has 1 heterocycles. The van der Waals surface area contributed by atoms with Crippen LogP contribution in [0.2, 0.25) is 5.02 Å². The van der Waals surface area contributed by atoms with E-state index in [4.69, 9.17) is 26.2 Å². The lowest BCUT2D eigenvalue weighted by atomic mass is 10.1. The van der Waals surface area contributed by atoms with Gasteiger partial charge in [-0.15, -0.1) is 0 Å². The van der Waals surface area contributed by atoms with Gasteiger partial charge < -0.3 is 19.9 Å². The van der Waals surface area contributed by atoms with Crippen LogP contribution in [0.1, 0.15) is 31.4 Å². The minimum Gasteiger partial charge on any atom is -0.498 e. The molecule has 1 saturated heterocycles. The number of rotatable bonds is 6. The van der Waals surface area contributed by atoms with E-state index >= 15 is 0 Å². The molecule has 1 fully saturated rings. The van der Waals surface area contributed by atoms with Crippen LogP contribution in [0.25, 0.3) is 0 Å². The van der Waals surface area contributed by atoms with Crippen molar-refractivity contribution in [1.29, 1.82) is 0 Å². The Kier molecular flexibility index (Phi) is 7.03. The van der Waals surface area contributed by atoms with E-state index in [0.29, 0.717) is 34.2 Å². The molecule has 1 aromatic rings. The van der Waals surface area contributed by atoms with Crippen LogP contribution in [0.15, 0.2) is 52.5 Å². The standard InChI is InChI=1S/C18H20ClFN2O4/c1-11(25-2)16-9-14(6-7-17(23)24)21-18(26-16)22-15(10-20)12-4-3-5-13(19)8-12/h3-6,8,15H,7,9-10H2,1-2H3,(H,21,22)(H,23,24)/b14-6+,16-11-/t15-/m1/s1. The fraction of sp³-hybridized carbons (Fsp3) is 0.333. The summed E-state index contributed by atoms with van der Waals surface area (Å²) < 4.78 is 24.4. The Morgan fingerprint density at radius 2 is 2.35 bits per heavy atom. The molecule has 0 unspecified atom stereocenters. The predicted molar refractivity (Wildman–Crippen MR) is 96.5 cm³/mol. The number of amidine groups is 1. The number of nitrogens with zero attached hydrogens (tertiary/aromatic N) is 1. The molecule has 1 aliphatic heterocycles. The van der Waals surface area contributed by atoms with Crippen LogP contribution in [-0.2, 0) is 14.3 Å². The average molecular weight is 383 g/mol. The van der Waals surface area contributed by atoms with Gasteiger partial charge in [-0.1, -0.05) is 29.8 Å². The highest BCUT2D eigenvalue weighted by atomic mass is 35.5. The average Bonchev–Trinajstić information content (AvgIpc) is 2.63. The van der Waals surface area contributed by atoms with Crippen molar-refractivity contribution in [1.82, 2.24) is 5.32 Å². The zero-order valence-electron chi connectivity index (χ0n) is 14.5. The second-order valence-electron chi connectivity index (χ2n) is 5.57. The topological polar surface area (TPSA) is 80.2 Å². The molecule has 8 heteroatoms. The van der Waals surface area contributed by atoms with Crippen LogP contribution in [0, 0.1) is 0 Å². The van der Waals surface area contributed by atoms with Gasteiger partial charge in [-0.3, -0.25) is 4.79 Å². The van der Waals surface area contributed by atoms with E-state index in [1.54, 1.807) is 31.2 Å². The number of carboxylic acid groups (broad SMARTS) is 1. The van der Waals surface area contributed by atoms with E-state index < -0.39 is 18.7 Å². The maximum absolute atomic E-state index is 13.5. The number of hydrogen-bond donors (Lipinski definition) is 2. The van der Waals surface area contributed by atoms with Gasteiger partial charge in [0.1, 0.15) is 18.5 Å². The smallest absolute Gasteiger partial charge is 0.307 e. The highest BCUT2D eigenvalue weighted by molar-refractivity contribution is 6.30. The highest BCUT2D eigenvalue weighted by Gasteiger charge is 2.22. The monoisotopic (exact) mass is 382 g/mol. The van der Waals surface area contributed by atoms with Gasteiger partial charge in [0.15, 0.2) is 5.76 Å². The number of alkyl halides is 1. The summed E-state index contributed by atoms with van der Waals surface area (Å²) in [5, 5.41) is 12.2. The first kappa shape index (κ1) is 19.8. The molecular formula is C18H20ClFN2O4. The van der Waals surface area contributed by atoms with Gasteiger partial charge >= 0.3 is 5.97 Å². The number of carbonyl (C=O) groups is 1. The molecular weight excluding hydrogens is 363 g/mol. The summed E-state index contributed by atoms with van der Waals surface area (Å²) in [4.78, 5) is 15.1. The van der Waals surface area contributed by atoms with Crippen LogP contribution in [0.3, 0.4) is 0 Å². The van der Waals surface area contributed by atoms with E-state index in [9.17, 15) is 9.18 Å². The second-order valence-corrected chi connectivity index (χ2v) is 6.01. The van der Waals surface area contributed by atoms with Gasteiger partial charge in [-0.25, -0.2) is 9.38 Å². The number of aliphatic carboxylic acids is 1. The van der Waals surface area contributed by atoms with Gasteiger partial charge in [-0.05, 0) is 24.6 Å². The fourth-order valence-electron chi connectivity index (χ4n) is 2.29. The van der Waals surface area contributed by atoms with Crippen molar-refractivity contribution in [2.75, 3.05) is 13.8 Å². The molecule has 2 rings (SSSR count). The van der Waals surface area contributed by atoms with Crippen LogP contribution in [0.5, 0.6) is 0 Å². The second kappa shape index (κ2) is 9.24. The Morgan fingerprint density at radius 1 is 1.58 bits per heavy atom. The molecule has 6 nitrogen and oxygen atoms in total. The van der Waals surface area contributed by atoms with Crippen LogP contribution < -0.4 is 5.32 Å². The summed E-state index contributed by atoms with van der Waals surface area (Å²) in [5.74, 6) is 0.0455. The Labute approximate surface area is 156 Å². The van der Waals surface area contributed by atoms with Crippen LogP contribution in [-0.4, -0.2) is 30.9 Å². The quantitative estimate of drug-likeness (QED) is 0.728. The van der Waals surface area contributed by atoms with Crippen molar-refractivity contribution in [2.24, 2.45) is 4.99 Å². The Bertz CT molecular complexity index is 761. The molecule has 0 amide bonds. The number of halogens is 2. The number of benzene rings is 1. The SMILES string of the molecule is CO/C(C)=C1/C/C(=C\CC(=O)O)NC(=N[C@H](CF)c2cccc(Cl)c2)O1. The predicted octanol–water partition coefficient (Wildman–Crippen LogP) is 3.95. The molecule has 1 aliphatic rings. The molecule has 2 N–H and O–H groups in total. The van der Waals surface area contributed by atoms with Crippen LogP contribution >= 0.6 is 11.6 Å². The van der Waals surface area contributed by atoms with Gasteiger partial charge in [0.2, 0.25) is 0 Å². The lowest BCUT2D eigenvalue weighted by molar-refractivity contribution is -0.136. The Balaban J connectivity index is 2.33. The summed E-state index contributed by atoms with van der Waals surface area (Å²) in [5.41, 5.74) is 1.20. The number of ether oxygens (including phenoxy) is 2. The van der Waals surface area contributed by atoms with Crippen molar-refractivity contribution < 1.29 is 23.8 Å². The number of methoxy groups -OCH3 is 1. The fourth-order valence-corrected chi connectivity index (χ4v) is 2.49. The highest BCUT2D eigenvalue weighted by Crippen LogP contribution is 2.25. The third-order valence-electron chi connectivity index (χ3n) is 3.71. The number of aliphatic imine (C=N–C) groups is 1. The van der Waals surface area contributed by atoms with Crippen LogP contribution in [0.4, 0.5) is 4.39 Å². The minimum atomic E-state index is -0.959. The third-order valence-corrected chi connectivity index (χ3v) is 3.95. The molecule has 0 saturated carbocycles. The zero-order valence-corrected chi connectivity index (χ0v) is 15.2. The van der Waals surface area contributed by atoms with Crippen molar-refractivity contribution >= 4 is 23.6 Å². The largest absolute Gasteiger partial charge is 0.498 e. The van der Waals surface area contributed by atoms with E-state index in [2.05, 4.69) is 10.3 Å². The lowest BCUT2D eigenvalue weighted by Crippen LogP contribution is -2.32. The lowest BCUT2D eigenvalue weighted by Gasteiger charge is -2.24. The molecule has 26 heavy (non-hydrogen) atoms. The van der Waals surface area contributed by atoms with Gasteiger partial charge in [0.05, 0.1) is 13.5 Å². The number of hydrogen-bond acceptors (Lipinski definition) is 4. The summed E-state index contributed by atoms with van der Waals surface area (Å²) in [6.07, 6.45) is 1.69. The van der Waals surface area contributed by atoms with Gasteiger partial charge in [0.25, 0.3) is 6.02 Å². The molecule has 1 aromatic carbocycles. The van der Waals surface area contributed by atoms with E-state index in [1.807, 2.05) is 0 Å². The molecule has 0 spiro atoms. The van der Waals surface area contributed by atoms with Crippen molar-refractivity contribution in [3.05, 3.63) is 58.1 Å². The third kappa shape index (κ3) is 5.49. The molecule has 1 atom stereocenters. The Morgan fingerprint density at radius 3 is 2.96 bits per heavy atom. The first-order valence-electron chi connectivity index (χ1n) is 7.91. The summed E-state index contributed by atoms with van der Waals surface area (Å²) >= 11 is 5.96. The number of carboxylic acids is 1. The van der Waals surface area contributed by atoms with Gasteiger partial charge in [-0.2, -0.15) is 0 Å². The van der Waals surface area contributed by atoms with Crippen molar-refractivity contribution in [3.8, 4) is 0 Å². The molecule has 0 aliphatic carbocycles. The molecule has 0 bridgehead atoms. The summed E-state index contributed by atoms with van der Waals surface area (Å²) in [6.45, 7) is 0.974. The number of nitrogens with one attached hydrogen (secondary N) is 1. The molecule has 140 valence electrons. The van der Waals surface area contributed by atoms with Crippen molar-refractivity contribution in [3.63, 3.8) is 0 Å². The molecule has 0 aromatic heterocycles. The Hall–Kier alpha value is -2.54. The minimum absolute atomic E-state index is 0.0712. The normalized spacial score (nSPS) is 20.3.